The predicted octanol–water partition coefficient (Wildman–Crippen LogP) is 2.05. The van der Waals surface area contributed by atoms with E-state index in [9.17, 15) is 0 Å². The molecule has 0 bridgehead atoms. The number of nitrogens with one attached hydrogen (secondary N) is 2. The van der Waals surface area contributed by atoms with Crippen molar-refractivity contribution in [3.63, 3.8) is 0 Å². The van der Waals surface area contributed by atoms with Crippen molar-refractivity contribution in [1.82, 2.24) is 15.0 Å². The minimum absolute atomic E-state index is 0.0351. The zero-order valence-corrected chi connectivity index (χ0v) is 12.1. The summed E-state index contributed by atoms with van der Waals surface area (Å²) in [6, 6.07) is 11.7. The lowest BCUT2D eigenvalue weighted by Crippen LogP contribution is -2.13. The summed E-state index contributed by atoms with van der Waals surface area (Å²) in [5.74, 6) is 1.44. The monoisotopic (exact) mass is 298 g/mol. The van der Waals surface area contributed by atoms with Gasteiger partial charge in [0, 0.05) is 18.1 Å². The maximum Gasteiger partial charge on any atom is 0.178 e. The molecule has 0 atom stereocenters. The van der Waals surface area contributed by atoms with Crippen LogP contribution in [0.1, 0.15) is 0 Å². The Kier molecular flexibility index (Phi) is 4.62. The molecule has 3 aromatic rings. The number of aromatic amines is 1. The number of nitrogens with zero attached hydrogens (tertiary/aromatic N) is 2. The van der Waals surface area contributed by atoms with Gasteiger partial charge in [0.1, 0.15) is 5.82 Å². The van der Waals surface area contributed by atoms with Gasteiger partial charge in [0.25, 0.3) is 0 Å². The van der Waals surface area contributed by atoms with Gasteiger partial charge in [-0.3, -0.25) is 0 Å². The fourth-order valence-electron chi connectivity index (χ4n) is 2.21. The Morgan fingerprint density at radius 1 is 1.09 bits per heavy atom. The first kappa shape index (κ1) is 14.5. The van der Waals surface area contributed by atoms with E-state index < -0.39 is 0 Å². The van der Waals surface area contributed by atoms with Crippen LogP contribution in [0.5, 0.6) is 0 Å². The zero-order valence-electron chi connectivity index (χ0n) is 12.1. The summed E-state index contributed by atoms with van der Waals surface area (Å²) in [4.78, 5) is 12.3. The van der Waals surface area contributed by atoms with Crippen LogP contribution in [0.4, 0.5) is 5.82 Å². The third kappa shape index (κ3) is 3.24. The summed E-state index contributed by atoms with van der Waals surface area (Å²) in [6.07, 6.45) is 1.85. The lowest BCUT2D eigenvalue weighted by Gasteiger charge is -2.10. The Hall–Kier alpha value is -2.44. The average Bonchev–Trinajstić information content (AvgIpc) is 3.09. The van der Waals surface area contributed by atoms with E-state index in [1.807, 2.05) is 42.6 Å². The van der Waals surface area contributed by atoms with Gasteiger partial charge in [-0.1, -0.05) is 12.1 Å². The average molecular weight is 298 g/mol. The number of para-hydroxylation sites is 1. The van der Waals surface area contributed by atoms with Crippen molar-refractivity contribution in [1.29, 1.82) is 0 Å². The Bertz CT molecular complexity index is 728. The van der Waals surface area contributed by atoms with E-state index in [2.05, 4.69) is 20.3 Å². The van der Waals surface area contributed by atoms with Gasteiger partial charge < -0.3 is 20.1 Å². The molecule has 0 amide bonds. The van der Waals surface area contributed by atoms with Crippen LogP contribution >= 0.6 is 0 Å². The highest BCUT2D eigenvalue weighted by Crippen LogP contribution is 2.23. The molecule has 3 N–H and O–H groups in total. The Labute approximate surface area is 128 Å². The molecule has 22 heavy (non-hydrogen) atoms. The van der Waals surface area contributed by atoms with Crippen molar-refractivity contribution < 1.29 is 9.84 Å². The van der Waals surface area contributed by atoms with Gasteiger partial charge in [0.2, 0.25) is 0 Å². The lowest BCUT2D eigenvalue weighted by atomic mass is 10.2. The van der Waals surface area contributed by atoms with Crippen LogP contribution in [0.15, 0.2) is 42.6 Å². The van der Waals surface area contributed by atoms with Crippen LogP contribution in [0.3, 0.4) is 0 Å². The second kappa shape index (κ2) is 7.02. The first-order chi connectivity index (χ1) is 10.9. The number of hydrogen-bond acceptors (Lipinski definition) is 5. The highest BCUT2D eigenvalue weighted by Gasteiger charge is 2.09. The van der Waals surface area contributed by atoms with E-state index in [0.29, 0.717) is 25.6 Å². The Morgan fingerprint density at radius 2 is 2.00 bits per heavy atom. The molecule has 2 aromatic heterocycles. The first-order valence-corrected chi connectivity index (χ1v) is 7.21. The Morgan fingerprint density at radius 3 is 2.82 bits per heavy atom. The molecule has 6 nitrogen and oxygen atoms in total. The number of benzene rings is 1. The number of aliphatic hydroxyl groups is 1. The SMILES string of the molecule is OCCOCCNc1nc(-c2ccc[nH]2)nc2ccccc12. The number of rotatable bonds is 7. The van der Waals surface area contributed by atoms with Crippen molar-refractivity contribution in [3.05, 3.63) is 42.6 Å². The number of fused-ring (bicyclic) bond motifs is 1. The molecule has 0 saturated carbocycles. The largest absolute Gasteiger partial charge is 0.394 e. The molecule has 0 fully saturated rings. The maximum absolute atomic E-state index is 8.70. The number of aromatic nitrogens is 3. The summed E-state index contributed by atoms with van der Waals surface area (Å²) in [6.45, 7) is 1.51. The molecule has 0 radical (unpaired) electrons. The predicted molar refractivity (Wildman–Crippen MR) is 85.7 cm³/mol. The van der Waals surface area contributed by atoms with Crippen LogP contribution in [0.2, 0.25) is 0 Å². The van der Waals surface area contributed by atoms with Crippen molar-refractivity contribution in [2.24, 2.45) is 0 Å². The molecule has 0 unspecified atom stereocenters. The van der Waals surface area contributed by atoms with E-state index in [1.54, 1.807) is 0 Å². The third-order valence-electron chi connectivity index (χ3n) is 3.22. The molecular weight excluding hydrogens is 280 g/mol. The van der Waals surface area contributed by atoms with Crippen LogP contribution in [0.25, 0.3) is 22.4 Å². The summed E-state index contributed by atoms with van der Waals surface area (Å²) in [7, 11) is 0. The van der Waals surface area contributed by atoms with E-state index in [0.717, 1.165) is 22.4 Å². The van der Waals surface area contributed by atoms with Crippen LogP contribution in [-0.4, -0.2) is 46.4 Å². The zero-order chi connectivity index (χ0) is 15.2. The quantitative estimate of drug-likeness (QED) is 0.581. The fraction of sp³-hybridized carbons (Fsp3) is 0.250. The van der Waals surface area contributed by atoms with Crippen molar-refractivity contribution in [2.45, 2.75) is 0 Å². The molecule has 114 valence electrons. The van der Waals surface area contributed by atoms with Gasteiger partial charge >= 0.3 is 0 Å². The van der Waals surface area contributed by atoms with Gasteiger partial charge in [-0.05, 0) is 24.3 Å². The number of aliphatic hydroxyl groups excluding tert-OH is 1. The molecule has 3 rings (SSSR count). The normalized spacial score (nSPS) is 11.0. The number of anilines is 1. The minimum atomic E-state index is 0.0351. The van der Waals surface area contributed by atoms with Gasteiger partial charge in [-0.15, -0.1) is 0 Å². The molecule has 1 aromatic carbocycles. The standard InChI is InChI=1S/C16H18N4O2/c21-9-11-22-10-8-18-15-12-4-1-2-5-13(12)19-16(20-15)14-6-3-7-17-14/h1-7,17,21H,8-11H2,(H,18,19,20). The summed E-state index contributed by atoms with van der Waals surface area (Å²) in [5.41, 5.74) is 1.77. The highest BCUT2D eigenvalue weighted by atomic mass is 16.5. The smallest absolute Gasteiger partial charge is 0.178 e. The van der Waals surface area contributed by atoms with E-state index in [1.165, 1.54) is 0 Å². The van der Waals surface area contributed by atoms with Gasteiger partial charge in [0.05, 0.1) is 31.0 Å². The molecule has 0 aliphatic heterocycles. The highest BCUT2D eigenvalue weighted by molar-refractivity contribution is 5.90. The minimum Gasteiger partial charge on any atom is -0.394 e. The maximum atomic E-state index is 8.70. The summed E-state index contributed by atoms with van der Waals surface area (Å²) >= 11 is 0. The van der Waals surface area contributed by atoms with E-state index in [4.69, 9.17) is 9.84 Å². The van der Waals surface area contributed by atoms with E-state index in [-0.39, 0.29) is 6.61 Å². The van der Waals surface area contributed by atoms with Gasteiger partial charge in [-0.2, -0.15) is 0 Å². The van der Waals surface area contributed by atoms with Crippen LogP contribution < -0.4 is 5.32 Å². The Balaban J connectivity index is 1.86. The van der Waals surface area contributed by atoms with Crippen LogP contribution in [0, 0.1) is 0 Å². The fourth-order valence-corrected chi connectivity index (χ4v) is 2.21. The molecule has 0 aliphatic carbocycles. The molecule has 0 saturated heterocycles. The van der Waals surface area contributed by atoms with Gasteiger partial charge in [0.15, 0.2) is 5.82 Å². The van der Waals surface area contributed by atoms with Gasteiger partial charge in [-0.25, -0.2) is 9.97 Å². The number of H-pyrrole nitrogens is 1. The lowest BCUT2D eigenvalue weighted by molar-refractivity contribution is 0.0992. The third-order valence-corrected chi connectivity index (χ3v) is 3.22. The molecule has 0 aliphatic rings. The van der Waals surface area contributed by atoms with Crippen molar-refractivity contribution in [2.75, 3.05) is 31.7 Å². The molecule has 2 heterocycles. The first-order valence-electron chi connectivity index (χ1n) is 7.21. The number of ether oxygens (including phenoxy) is 1. The number of hydrogen-bond donors (Lipinski definition) is 3. The second-order valence-corrected chi connectivity index (χ2v) is 4.76. The van der Waals surface area contributed by atoms with Crippen molar-refractivity contribution >= 4 is 16.7 Å². The van der Waals surface area contributed by atoms with Crippen LogP contribution in [-0.2, 0) is 4.74 Å². The topological polar surface area (TPSA) is 83.1 Å². The molecular formula is C16H18N4O2. The summed E-state index contributed by atoms with van der Waals surface area (Å²) < 4.78 is 5.26. The summed E-state index contributed by atoms with van der Waals surface area (Å²) in [5, 5.41) is 12.9. The second-order valence-electron chi connectivity index (χ2n) is 4.76. The molecule has 0 spiro atoms. The molecule has 6 heteroatoms. The van der Waals surface area contributed by atoms with Crippen molar-refractivity contribution in [3.8, 4) is 11.5 Å². The van der Waals surface area contributed by atoms with E-state index >= 15 is 0 Å².